The summed E-state index contributed by atoms with van der Waals surface area (Å²) < 4.78 is 0. The lowest BCUT2D eigenvalue weighted by atomic mass is 9.91. The van der Waals surface area contributed by atoms with E-state index in [-0.39, 0.29) is 0 Å². The predicted molar refractivity (Wildman–Crippen MR) is 60.6 cm³/mol. The number of amides is 1. The summed E-state index contributed by atoms with van der Waals surface area (Å²) in [5.41, 5.74) is 0.393. The van der Waals surface area contributed by atoms with E-state index in [1.165, 1.54) is 12.8 Å². The Hall–Kier alpha value is -0.570. The SMILES string of the molecule is CCCN(C)C(=O)C1CC12CCNCC2. The first-order valence-electron chi connectivity index (χ1n) is 6.15. The third kappa shape index (κ3) is 2.03. The molecule has 3 nitrogen and oxygen atoms in total. The Labute approximate surface area is 92.2 Å². The molecule has 1 aliphatic heterocycles. The lowest BCUT2D eigenvalue weighted by Crippen LogP contribution is -2.34. The Bertz CT molecular complexity index is 246. The molecular weight excluding hydrogens is 188 g/mol. The third-order valence-corrected chi connectivity index (χ3v) is 4.02. The summed E-state index contributed by atoms with van der Waals surface area (Å²) in [7, 11) is 1.94. The molecule has 2 rings (SSSR count). The first kappa shape index (κ1) is 10.9. The zero-order valence-electron chi connectivity index (χ0n) is 9.88. The lowest BCUT2D eigenvalue weighted by Gasteiger charge is -2.25. The van der Waals surface area contributed by atoms with Crippen LogP contribution in [0, 0.1) is 11.3 Å². The molecule has 0 radical (unpaired) electrons. The predicted octanol–water partition coefficient (Wildman–Crippen LogP) is 1.24. The molecule has 3 heteroatoms. The van der Waals surface area contributed by atoms with Crippen molar-refractivity contribution in [1.29, 1.82) is 0 Å². The molecule has 86 valence electrons. The first-order chi connectivity index (χ1) is 7.19. The van der Waals surface area contributed by atoms with Crippen LogP contribution in [0.25, 0.3) is 0 Å². The van der Waals surface area contributed by atoms with Crippen molar-refractivity contribution in [2.45, 2.75) is 32.6 Å². The van der Waals surface area contributed by atoms with Gasteiger partial charge >= 0.3 is 0 Å². The van der Waals surface area contributed by atoms with Crippen LogP contribution < -0.4 is 5.32 Å². The van der Waals surface area contributed by atoms with Gasteiger partial charge in [0.1, 0.15) is 0 Å². The molecule has 2 fully saturated rings. The smallest absolute Gasteiger partial charge is 0.226 e. The van der Waals surface area contributed by atoms with Crippen molar-refractivity contribution in [2.75, 3.05) is 26.7 Å². The van der Waals surface area contributed by atoms with Gasteiger partial charge in [0, 0.05) is 19.5 Å². The molecule has 1 amide bonds. The van der Waals surface area contributed by atoms with Crippen molar-refractivity contribution in [3.8, 4) is 0 Å². The standard InChI is InChI=1S/C12H22N2O/c1-3-8-14(2)11(15)10-9-12(10)4-6-13-7-5-12/h10,13H,3-9H2,1-2H3. The Kier molecular flexibility index (Phi) is 3.01. The van der Waals surface area contributed by atoms with Crippen LogP contribution in [0.1, 0.15) is 32.6 Å². The highest BCUT2D eigenvalue weighted by molar-refractivity contribution is 5.82. The number of carbonyl (C=O) groups is 1. The Morgan fingerprint density at radius 3 is 2.73 bits per heavy atom. The van der Waals surface area contributed by atoms with E-state index in [1.807, 2.05) is 11.9 Å². The van der Waals surface area contributed by atoms with Gasteiger partial charge in [0.05, 0.1) is 0 Å². The topological polar surface area (TPSA) is 32.3 Å². The molecule has 1 atom stereocenters. The molecule has 0 aromatic heterocycles. The summed E-state index contributed by atoms with van der Waals surface area (Å²) in [6.45, 7) is 5.23. The van der Waals surface area contributed by atoms with Crippen molar-refractivity contribution in [2.24, 2.45) is 11.3 Å². The minimum Gasteiger partial charge on any atom is -0.346 e. The van der Waals surface area contributed by atoms with Gasteiger partial charge in [0.25, 0.3) is 0 Å². The second kappa shape index (κ2) is 4.12. The average Bonchev–Trinajstić information content (AvgIpc) is 2.92. The van der Waals surface area contributed by atoms with Crippen LogP contribution in [0.4, 0.5) is 0 Å². The van der Waals surface area contributed by atoms with E-state index in [2.05, 4.69) is 12.2 Å². The molecule has 1 aliphatic carbocycles. The van der Waals surface area contributed by atoms with Crippen LogP contribution in [0.15, 0.2) is 0 Å². The summed E-state index contributed by atoms with van der Waals surface area (Å²) in [6.07, 6.45) is 4.60. The van der Waals surface area contributed by atoms with Crippen molar-refractivity contribution in [1.82, 2.24) is 10.2 Å². The maximum atomic E-state index is 12.1. The zero-order chi connectivity index (χ0) is 10.9. The zero-order valence-corrected chi connectivity index (χ0v) is 9.88. The fourth-order valence-corrected chi connectivity index (χ4v) is 2.89. The molecule has 1 saturated carbocycles. The summed E-state index contributed by atoms with van der Waals surface area (Å²) in [5.74, 6) is 0.731. The fourth-order valence-electron chi connectivity index (χ4n) is 2.89. The van der Waals surface area contributed by atoms with Crippen LogP contribution in [0.3, 0.4) is 0 Å². The molecule has 1 N–H and O–H groups in total. The summed E-state index contributed by atoms with van der Waals surface area (Å²) in [4.78, 5) is 14.0. The second-order valence-electron chi connectivity index (χ2n) is 5.13. The first-order valence-corrected chi connectivity index (χ1v) is 6.15. The van der Waals surface area contributed by atoms with Crippen LogP contribution in [-0.2, 0) is 4.79 Å². The maximum absolute atomic E-state index is 12.1. The second-order valence-corrected chi connectivity index (χ2v) is 5.13. The molecule has 0 bridgehead atoms. The van der Waals surface area contributed by atoms with Gasteiger partial charge in [0.15, 0.2) is 0 Å². The molecule has 15 heavy (non-hydrogen) atoms. The van der Waals surface area contributed by atoms with Gasteiger partial charge in [-0.05, 0) is 44.2 Å². The van der Waals surface area contributed by atoms with Gasteiger partial charge in [-0.1, -0.05) is 6.92 Å². The molecule has 1 saturated heterocycles. The quantitative estimate of drug-likeness (QED) is 0.760. The number of rotatable bonds is 3. The molecule has 0 aromatic rings. The van der Waals surface area contributed by atoms with Crippen LogP contribution >= 0.6 is 0 Å². The number of hydrogen-bond acceptors (Lipinski definition) is 2. The van der Waals surface area contributed by atoms with Crippen molar-refractivity contribution in [3.05, 3.63) is 0 Å². The highest BCUT2D eigenvalue weighted by Crippen LogP contribution is 2.59. The largest absolute Gasteiger partial charge is 0.346 e. The van der Waals surface area contributed by atoms with Gasteiger partial charge in [0.2, 0.25) is 5.91 Å². The molecule has 0 aromatic carbocycles. The number of nitrogens with one attached hydrogen (secondary N) is 1. The number of carbonyl (C=O) groups excluding carboxylic acids is 1. The third-order valence-electron chi connectivity index (χ3n) is 4.02. The highest BCUT2D eigenvalue weighted by atomic mass is 16.2. The Morgan fingerprint density at radius 2 is 2.13 bits per heavy atom. The molecule has 1 spiro atoms. The van der Waals surface area contributed by atoms with Gasteiger partial charge < -0.3 is 10.2 Å². The number of piperidine rings is 1. The minimum atomic E-state index is 0.344. The van der Waals surface area contributed by atoms with Crippen molar-refractivity contribution < 1.29 is 4.79 Å². The number of nitrogens with zero attached hydrogens (tertiary/aromatic N) is 1. The summed E-state index contributed by atoms with van der Waals surface area (Å²) >= 11 is 0. The lowest BCUT2D eigenvalue weighted by molar-refractivity contribution is -0.132. The molecule has 1 heterocycles. The summed E-state index contributed by atoms with van der Waals surface area (Å²) in [6, 6.07) is 0. The van der Waals surface area contributed by atoms with Crippen LogP contribution in [0.2, 0.25) is 0 Å². The van der Waals surface area contributed by atoms with Gasteiger partial charge in [-0.3, -0.25) is 4.79 Å². The van der Waals surface area contributed by atoms with E-state index in [4.69, 9.17) is 0 Å². The Morgan fingerprint density at radius 1 is 1.47 bits per heavy atom. The summed E-state index contributed by atoms with van der Waals surface area (Å²) in [5, 5.41) is 3.37. The average molecular weight is 210 g/mol. The normalized spacial score (nSPS) is 27.7. The molecule has 1 unspecified atom stereocenters. The van der Waals surface area contributed by atoms with Crippen molar-refractivity contribution in [3.63, 3.8) is 0 Å². The van der Waals surface area contributed by atoms with E-state index >= 15 is 0 Å². The monoisotopic (exact) mass is 210 g/mol. The fraction of sp³-hybridized carbons (Fsp3) is 0.917. The van der Waals surface area contributed by atoms with E-state index < -0.39 is 0 Å². The minimum absolute atomic E-state index is 0.344. The van der Waals surface area contributed by atoms with Gasteiger partial charge in [-0.25, -0.2) is 0 Å². The molecule has 2 aliphatic rings. The maximum Gasteiger partial charge on any atom is 0.226 e. The van der Waals surface area contributed by atoms with Gasteiger partial charge in [-0.15, -0.1) is 0 Å². The Balaban J connectivity index is 1.88. The van der Waals surface area contributed by atoms with Gasteiger partial charge in [-0.2, -0.15) is 0 Å². The van der Waals surface area contributed by atoms with Crippen LogP contribution in [-0.4, -0.2) is 37.5 Å². The van der Waals surface area contributed by atoms with E-state index in [9.17, 15) is 4.79 Å². The molecular formula is C12H22N2O. The van der Waals surface area contributed by atoms with E-state index in [0.717, 1.165) is 32.5 Å². The number of hydrogen-bond donors (Lipinski definition) is 1. The van der Waals surface area contributed by atoms with Crippen molar-refractivity contribution >= 4 is 5.91 Å². The van der Waals surface area contributed by atoms with Crippen LogP contribution in [0.5, 0.6) is 0 Å². The van der Waals surface area contributed by atoms with E-state index in [1.54, 1.807) is 0 Å². The highest BCUT2D eigenvalue weighted by Gasteiger charge is 2.58. The van der Waals surface area contributed by atoms with E-state index in [0.29, 0.717) is 17.2 Å².